The van der Waals surface area contributed by atoms with E-state index in [4.69, 9.17) is 4.74 Å². The molecule has 34 heavy (non-hydrogen) atoms. The first kappa shape index (κ1) is 25.3. The first-order chi connectivity index (χ1) is 16.2. The Hall–Kier alpha value is -3.35. The van der Waals surface area contributed by atoms with Crippen LogP contribution in [0.2, 0.25) is 0 Å². The number of carbonyl (C=O) groups excluding carboxylic acids is 3. The normalized spacial score (nSPS) is 14.5. The number of carbonyl (C=O) groups is 3. The summed E-state index contributed by atoms with van der Waals surface area (Å²) < 4.78 is 5.27. The van der Waals surface area contributed by atoms with Gasteiger partial charge >= 0.3 is 6.09 Å². The van der Waals surface area contributed by atoms with Gasteiger partial charge in [0.25, 0.3) is 0 Å². The van der Waals surface area contributed by atoms with Crippen molar-refractivity contribution in [2.75, 3.05) is 6.54 Å². The summed E-state index contributed by atoms with van der Waals surface area (Å²) in [4.78, 5) is 40.8. The summed E-state index contributed by atoms with van der Waals surface area (Å²) in [6, 6.07) is 16.4. The molecule has 0 bridgehead atoms. The summed E-state index contributed by atoms with van der Waals surface area (Å²) >= 11 is 0. The first-order valence-corrected chi connectivity index (χ1v) is 11.8. The second kappa shape index (κ2) is 11.2. The van der Waals surface area contributed by atoms with Gasteiger partial charge in [-0.05, 0) is 63.6 Å². The number of rotatable bonds is 8. The highest BCUT2D eigenvalue weighted by Crippen LogP contribution is 2.34. The minimum atomic E-state index is -0.789. The third kappa shape index (κ3) is 6.83. The zero-order valence-corrected chi connectivity index (χ0v) is 20.5. The molecule has 0 aromatic heterocycles. The van der Waals surface area contributed by atoms with Gasteiger partial charge in [0.05, 0.1) is 0 Å². The van der Waals surface area contributed by atoms with Crippen LogP contribution in [0.1, 0.15) is 62.8 Å². The monoisotopic (exact) mass is 465 g/mol. The van der Waals surface area contributed by atoms with Crippen molar-refractivity contribution in [1.82, 2.24) is 15.5 Å². The van der Waals surface area contributed by atoms with Crippen LogP contribution in [-0.4, -0.2) is 41.0 Å². The Labute approximate surface area is 201 Å². The van der Waals surface area contributed by atoms with Gasteiger partial charge in [0, 0.05) is 12.6 Å². The number of hydrogen-bond acceptors (Lipinski definition) is 4. The number of nitrogens with one attached hydrogen (secondary N) is 2. The molecular weight excluding hydrogens is 430 g/mol. The third-order valence-electron chi connectivity index (χ3n) is 5.86. The van der Waals surface area contributed by atoms with E-state index in [2.05, 4.69) is 10.6 Å². The number of nitrogens with zero attached hydrogens (tertiary/aromatic N) is 1. The van der Waals surface area contributed by atoms with Crippen LogP contribution in [0.15, 0.2) is 54.6 Å². The molecule has 0 spiro atoms. The SMILES string of the molecule is Cc1ccccc1C(C(=O)NCc1ccccc1)N(C(=O)CNC(=O)OC(C)(C)C)C1CCC1. The largest absolute Gasteiger partial charge is 0.444 e. The van der Waals surface area contributed by atoms with Crippen LogP contribution in [0.5, 0.6) is 0 Å². The molecule has 1 saturated carbocycles. The lowest BCUT2D eigenvalue weighted by atomic mass is 9.88. The molecule has 1 aliphatic carbocycles. The van der Waals surface area contributed by atoms with Gasteiger partial charge in [0.15, 0.2) is 0 Å². The Morgan fingerprint density at radius 3 is 2.24 bits per heavy atom. The fourth-order valence-electron chi connectivity index (χ4n) is 3.97. The molecule has 7 heteroatoms. The van der Waals surface area contributed by atoms with Crippen molar-refractivity contribution in [2.24, 2.45) is 0 Å². The highest BCUT2D eigenvalue weighted by atomic mass is 16.6. The molecule has 0 radical (unpaired) electrons. The van der Waals surface area contributed by atoms with E-state index in [1.807, 2.05) is 61.5 Å². The van der Waals surface area contributed by atoms with E-state index in [1.165, 1.54) is 0 Å². The predicted octanol–water partition coefficient (Wildman–Crippen LogP) is 4.26. The van der Waals surface area contributed by atoms with E-state index in [9.17, 15) is 14.4 Å². The zero-order chi connectivity index (χ0) is 24.7. The summed E-state index contributed by atoms with van der Waals surface area (Å²) in [5, 5.41) is 5.57. The Morgan fingerprint density at radius 1 is 1.00 bits per heavy atom. The molecule has 0 heterocycles. The molecule has 2 N–H and O–H groups in total. The lowest BCUT2D eigenvalue weighted by molar-refractivity contribution is -0.145. The molecule has 1 atom stereocenters. The maximum Gasteiger partial charge on any atom is 0.408 e. The first-order valence-electron chi connectivity index (χ1n) is 11.8. The molecule has 0 saturated heterocycles. The number of alkyl carbamates (subject to hydrolysis) is 1. The molecule has 0 aliphatic heterocycles. The fourth-order valence-corrected chi connectivity index (χ4v) is 3.97. The highest BCUT2D eigenvalue weighted by Gasteiger charge is 2.39. The topological polar surface area (TPSA) is 87.7 Å². The fraction of sp³-hybridized carbons (Fsp3) is 0.444. The van der Waals surface area contributed by atoms with E-state index in [0.717, 1.165) is 36.0 Å². The van der Waals surface area contributed by atoms with Gasteiger partial charge in [-0.25, -0.2) is 4.79 Å². The third-order valence-corrected chi connectivity index (χ3v) is 5.86. The Morgan fingerprint density at radius 2 is 1.65 bits per heavy atom. The average Bonchev–Trinajstić information content (AvgIpc) is 2.75. The number of ether oxygens (including phenoxy) is 1. The van der Waals surface area contributed by atoms with Crippen molar-refractivity contribution >= 4 is 17.9 Å². The molecule has 1 aliphatic rings. The molecule has 2 aromatic rings. The van der Waals surface area contributed by atoms with E-state index in [0.29, 0.717) is 6.54 Å². The van der Waals surface area contributed by atoms with E-state index >= 15 is 0 Å². The molecule has 1 unspecified atom stereocenters. The Balaban J connectivity index is 1.84. The van der Waals surface area contributed by atoms with Crippen molar-refractivity contribution in [3.63, 3.8) is 0 Å². The summed E-state index contributed by atoms with van der Waals surface area (Å²) in [5.41, 5.74) is 2.03. The van der Waals surface area contributed by atoms with Crippen LogP contribution in [0.3, 0.4) is 0 Å². The molecule has 2 aromatic carbocycles. The van der Waals surface area contributed by atoms with Crippen molar-refractivity contribution in [3.8, 4) is 0 Å². The Kier molecular flexibility index (Phi) is 8.31. The molecule has 3 rings (SSSR count). The van der Waals surface area contributed by atoms with Gasteiger partial charge in [0.1, 0.15) is 18.2 Å². The lowest BCUT2D eigenvalue weighted by Gasteiger charge is -2.42. The molecule has 1 fully saturated rings. The quantitative estimate of drug-likeness (QED) is 0.610. The maximum absolute atomic E-state index is 13.6. The Bertz CT molecular complexity index is 996. The smallest absolute Gasteiger partial charge is 0.408 e. The van der Waals surface area contributed by atoms with Crippen molar-refractivity contribution < 1.29 is 19.1 Å². The summed E-state index contributed by atoms with van der Waals surface area (Å²) in [7, 11) is 0. The van der Waals surface area contributed by atoms with Crippen molar-refractivity contribution in [2.45, 2.75) is 71.2 Å². The minimum Gasteiger partial charge on any atom is -0.444 e. The van der Waals surface area contributed by atoms with E-state index < -0.39 is 17.7 Å². The van der Waals surface area contributed by atoms with Crippen molar-refractivity contribution in [1.29, 1.82) is 0 Å². The second-order valence-corrected chi connectivity index (χ2v) is 9.70. The van der Waals surface area contributed by atoms with Crippen LogP contribution >= 0.6 is 0 Å². The van der Waals surface area contributed by atoms with Crippen molar-refractivity contribution in [3.05, 3.63) is 71.3 Å². The number of amides is 3. The van der Waals surface area contributed by atoms with Crippen LogP contribution < -0.4 is 10.6 Å². The van der Waals surface area contributed by atoms with Crippen LogP contribution in [-0.2, 0) is 20.9 Å². The summed E-state index contributed by atoms with van der Waals surface area (Å²) in [6.45, 7) is 7.36. The predicted molar refractivity (Wildman–Crippen MR) is 131 cm³/mol. The number of hydrogen-bond donors (Lipinski definition) is 2. The van der Waals surface area contributed by atoms with E-state index in [-0.39, 0.29) is 24.4 Å². The summed E-state index contributed by atoms with van der Waals surface area (Å²) in [5.74, 6) is -0.547. The lowest BCUT2D eigenvalue weighted by Crippen LogP contribution is -2.54. The average molecular weight is 466 g/mol. The van der Waals surface area contributed by atoms with Gasteiger partial charge in [-0.3, -0.25) is 9.59 Å². The second-order valence-electron chi connectivity index (χ2n) is 9.70. The van der Waals surface area contributed by atoms with Gasteiger partial charge < -0.3 is 20.3 Å². The highest BCUT2D eigenvalue weighted by molar-refractivity contribution is 5.91. The molecule has 3 amide bonds. The van der Waals surface area contributed by atoms with E-state index in [1.54, 1.807) is 25.7 Å². The van der Waals surface area contributed by atoms with Crippen LogP contribution in [0, 0.1) is 6.92 Å². The van der Waals surface area contributed by atoms with Gasteiger partial charge in [0.2, 0.25) is 11.8 Å². The number of aryl methyl sites for hydroxylation is 1. The number of benzene rings is 2. The molecule has 7 nitrogen and oxygen atoms in total. The van der Waals surface area contributed by atoms with Gasteiger partial charge in [-0.1, -0.05) is 54.6 Å². The minimum absolute atomic E-state index is 0.0555. The van der Waals surface area contributed by atoms with Gasteiger partial charge in [-0.15, -0.1) is 0 Å². The zero-order valence-electron chi connectivity index (χ0n) is 20.5. The molecule has 182 valence electrons. The van der Waals surface area contributed by atoms with Gasteiger partial charge in [-0.2, -0.15) is 0 Å². The standard InChI is InChI=1S/C27H35N3O4/c1-19-11-8-9-16-22(19)24(25(32)28-17-20-12-6-5-7-13-20)30(21-14-10-15-21)23(31)18-29-26(33)34-27(2,3)4/h5-9,11-13,16,21,24H,10,14-15,17-18H2,1-4H3,(H,28,32)(H,29,33). The van der Waals surface area contributed by atoms with Crippen LogP contribution in [0.25, 0.3) is 0 Å². The summed E-state index contributed by atoms with van der Waals surface area (Å²) in [6.07, 6.45) is 1.99. The van der Waals surface area contributed by atoms with Crippen LogP contribution in [0.4, 0.5) is 4.79 Å². The maximum atomic E-state index is 13.6. The molecular formula is C27H35N3O4.